The van der Waals surface area contributed by atoms with E-state index in [0.717, 1.165) is 16.7 Å². The molecule has 1 aromatic carbocycles. The summed E-state index contributed by atoms with van der Waals surface area (Å²) in [4.78, 5) is 33.8. The maximum absolute atomic E-state index is 13.1. The molecule has 0 aliphatic heterocycles. The van der Waals surface area contributed by atoms with Gasteiger partial charge in [0.1, 0.15) is 23.6 Å². The van der Waals surface area contributed by atoms with Crippen LogP contribution in [0.15, 0.2) is 36.7 Å². The maximum Gasteiger partial charge on any atom is 0.413 e. The van der Waals surface area contributed by atoms with E-state index in [1.807, 2.05) is 19.1 Å². The standard InChI is InChI=1S/C29H27ClN8O3/c1-16-6-25(36-28(40)41-29(3,4)5)35-17(2)22(16)13-34-27(39)23-15-38(37-24(23)11-32)14-18-7-19-9-21(30)12-33-26(19)20(8-18)10-31/h6-9,12,15H,13-14H2,1-5H3,(H,34,39)(H,35,36,40). The zero-order valence-corrected chi connectivity index (χ0v) is 23.9. The number of halogens is 1. The van der Waals surface area contributed by atoms with Crippen molar-refractivity contribution < 1.29 is 14.3 Å². The molecule has 0 radical (unpaired) electrons. The fourth-order valence-electron chi connectivity index (χ4n) is 4.26. The Morgan fingerprint density at radius 3 is 2.54 bits per heavy atom. The number of nitriles is 2. The Kier molecular flexibility index (Phi) is 8.22. The van der Waals surface area contributed by atoms with E-state index < -0.39 is 17.6 Å². The number of hydrogen-bond acceptors (Lipinski definition) is 8. The second-order valence-corrected chi connectivity index (χ2v) is 10.8. The average molecular weight is 571 g/mol. The van der Waals surface area contributed by atoms with E-state index in [2.05, 4.69) is 31.8 Å². The number of benzene rings is 1. The van der Waals surface area contributed by atoms with Crippen molar-refractivity contribution >= 4 is 40.3 Å². The van der Waals surface area contributed by atoms with Crippen molar-refractivity contribution in [3.63, 3.8) is 0 Å². The van der Waals surface area contributed by atoms with Gasteiger partial charge in [-0.15, -0.1) is 0 Å². The van der Waals surface area contributed by atoms with Crippen molar-refractivity contribution in [2.75, 3.05) is 5.32 Å². The monoisotopic (exact) mass is 570 g/mol. The average Bonchev–Trinajstić information content (AvgIpc) is 3.29. The molecule has 0 fully saturated rings. The summed E-state index contributed by atoms with van der Waals surface area (Å²) < 4.78 is 6.75. The lowest BCUT2D eigenvalue weighted by molar-refractivity contribution is 0.0635. The van der Waals surface area contributed by atoms with Crippen molar-refractivity contribution in [2.45, 2.75) is 53.3 Å². The molecular formula is C29H27ClN8O3. The Balaban J connectivity index is 1.49. The van der Waals surface area contributed by atoms with Gasteiger partial charge in [-0.2, -0.15) is 15.6 Å². The molecule has 0 bridgehead atoms. The predicted molar refractivity (Wildman–Crippen MR) is 152 cm³/mol. The number of pyridine rings is 2. The van der Waals surface area contributed by atoms with Crippen molar-refractivity contribution in [3.05, 3.63) is 80.9 Å². The first-order chi connectivity index (χ1) is 19.4. The summed E-state index contributed by atoms with van der Waals surface area (Å²) in [6.45, 7) is 9.29. The molecule has 11 nitrogen and oxygen atoms in total. The summed E-state index contributed by atoms with van der Waals surface area (Å²) >= 11 is 6.08. The van der Waals surface area contributed by atoms with Crippen LogP contribution in [-0.2, 0) is 17.8 Å². The van der Waals surface area contributed by atoms with E-state index in [9.17, 15) is 20.1 Å². The van der Waals surface area contributed by atoms with Crippen LogP contribution in [0, 0.1) is 36.5 Å². The number of ether oxygens (including phenoxy) is 1. The number of aryl methyl sites for hydroxylation is 2. The second-order valence-electron chi connectivity index (χ2n) is 10.4. The molecular weight excluding hydrogens is 544 g/mol. The Labute approximate surface area is 241 Å². The number of hydrogen-bond donors (Lipinski definition) is 2. The van der Waals surface area contributed by atoms with Crippen LogP contribution in [0.25, 0.3) is 10.9 Å². The minimum Gasteiger partial charge on any atom is -0.444 e. The quantitative estimate of drug-likeness (QED) is 0.321. The van der Waals surface area contributed by atoms with Gasteiger partial charge in [0.05, 0.1) is 28.2 Å². The summed E-state index contributed by atoms with van der Waals surface area (Å²) in [7, 11) is 0. The third kappa shape index (κ3) is 6.96. The van der Waals surface area contributed by atoms with Crippen LogP contribution < -0.4 is 10.6 Å². The summed E-state index contributed by atoms with van der Waals surface area (Å²) in [5.41, 5.74) is 3.28. The predicted octanol–water partition coefficient (Wildman–Crippen LogP) is 5.17. The molecule has 0 unspecified atom stereocenters. The van der Waals surface area contributed by atoms with Crippen molar-refractivity contribution in [3.8, 4) is 12.1 Å². The van der Waals surface area contributed by atoms with E-state index in [1.54, 1.807) is 45.9 Å². The number of rotatable bonds is 6. The Bertz CT molecular complexity index is 1740. The molecule has 2 N–H and O–H groups in total. The topological polar surface area (TPSA) is 159 Å². The normalized spacial score (nSPS) is 11.0. The minimum atomic E-state index is -0.644. The summed E-state index contributed by atoms with van der Waals surface area (Å²) in [5, 5.41) is 30.0. The molecule has 2 amide bonds. The Morgan fingerprint density at radius 2 is 1.88 bits per heavy atom. The van der Waals surface area contributed by atoms with Gasteiger partial charge in [-0.3, -0.25) is 19.8 Å². The van der Waals surface area contributed by atoms with Gasteiger partial charge in [0, 0.05) is 30.0 Å². The van der Waals surface area contributed by atoms with Crippen LogP contribution in [0.2, 0.25) is 5.02 Å². The van der Waals surface area contributed by atoms with Crippen LogP contribution >= 0.6 is 11.6 Å². The lowest BCUT2D eigenvalue weighted by Gasteiger charge is -2.20. The number of carbonyl (C=O) groups is 2. The van der Waals surface area contributed by atoms with Gasteiger partial charge in [-0.05, 0) is 75.6 Å². The van der Waals surface area contributed by atoms with Crippen LogP contribution in [-0.4, -0.2) is 37.3 Å². The molecule has 0 spiro atoms. The highest BCUT2D eigenvalue weighted by Gasteiger charge is 2.20. The SMILES string of the molecule is Cc1cc(NC(=O)OC(C)(C)C)nc(C)c1CNC(=O)c1cn(Cc2cc(C#N)c3ncc(Cl)cc3c2)nc1C#N. The third-order valence-corrected chi connectivity index (χ3v) is 6.20. The lowest BCUT2D eigenvalue weighted by atomic mass is 10.1. The van der Waals surface area contributed by atoms with E-state index in [0.29, 0.717) is 33.0 Å². The zero-order chi connectivity index (χ0) is 29.9. The van der Waals surface area contributed by atoms with Gasteiger partial charge in [-0.25, -0.2) is 9.78 Å². The van der Waals surface area contributed by atoms with E-state index in [-0.39, 0.29) is 24.3 Å². The highest BCUT2D eigenvalue weighted by atomic mass is 35.5. The molecule has 12 heteroatoms. The summed E-state index contributed by atoms with van der Waals surface area (Å²) in [6.07, 6.45) is 2.36. The highest BCUT2D eigenvalue weighted by molar-refractivity contribution is 6.31. The number of aromatic nitrogens is 4. The fourth-order valence-corrected chi connectivity index (χ4v) is 4.43. The molecule has 3 heterocycles. The van der Waals surface area contributed by atoms with E-state index >= 15 is 0 Å². The molecule has 0 saturated carbocycles. The van der Waals surface area contributed by atoms with Crippen molar-refractivity contribution in [1.82, 2.24) is 25.1 Å². The first-order valence-electron chi connectivity index (χ1n) is 12.6. The first-order valence-corrected chi connectivity index (χ1v) is 13.0. The molecule has 0 aliphatic carbocycles. The second kappa shape index (κ2) is 11.6. The Hall–Kier alpha value is -5.00. The maximum atomic E-state index is 13.1. The van der Waals surface area contributed by atoms with Crippen LogP contribution in [0.1, 0.15) is 64.8 Å². The van der Waals surface area contributed by atoms with Crippen LogP contribution in [0.5, 0.6) is 0 Å². The molecule has 208 valence electrons. The number of nitrogens with zero attached hydrogens (tertiary/aromatic N) is 6. The largest absolute Gasteiger partial charge is 0.444 e. The highest BCUT2D eigenvalue weighted by Crippen LogP contribution is 2.23. The molecule has 0 saturated heterocycles. The molecule has 4 rings (SSSR count). The van der Waals surface area contributed by atoms with Gasteiger partial charge in [0.15, 0.2) is 5.69 Å². The van der Waals surface area contributed by atoms with E-state index in [1.165, 1.54) is 17.1 Å². The summed E-state index contributed by atoms with van der Waals surface area (Å²) in [6, 6.07) is 11.0. The van der Waals surface area contributed by atoms with Crippen molar-refractivity contribution in [2.24, 2.45) is 0 Å². The molecule has 4 aromatic rings. The zero-order valence-electron chi connectivity index (χ0n) is 23.2. The van der Waals surface area contributed by atoms with E-state index in [4.69, 9.17) is 16.3 Å². The summed E-state index contributed by atoms with van der Waals surface area (Å²) in [5.74, 6) is -0.140. The van der Waals surface area contributed by atoms with Gasteiger partial charge < -0.3 is 10.1 Å². The molecule has 0 aliphatic rings. The van der Waals surface area contributed by atoms with Gasteiger partial charge in [0.2, 0.25) is 0 Å². The minimum absolute atomic E-state index is 0.0306. The number of nitrogens with one attached hydrogen (secondary N) is 2. The van der Waals surface area contributed by atoms with Gasteiger partial charge >= 0.3 is 6.09 Å². The van der Waals surface area contributed by atoms with Crippen LogP contribution in [0.3, 0.4) is 0 Å². The first kappa shape index (κ1) is 29.0. The molecule has 3 aromatic heterocycles. The Morgan fingerprint density at radius 1 is 1.12 bits per heavy atom. The number of anilines is 1. The van der Waals surface area contributed by atoms with Gasteiger partial charge in [-0.1, -0.05) is 11.6 Å². The number of carbonyl (C=O) groups excluding carboxylic acids is 2. The third-order valence-electron chi connectivity index (χ3n) is 6.00. The molecule has 41 heavy (non-hydrogen) atoms. The van der Waals surface area contributed by atoms with Gasteiger partial charge in [0.25, 0.3) is 5.91 Å². The smallest absolute Gasteiger partial charge is 0.413 e. The van der Waals surface area contributed by atoms with Crippen LogP contribution in [0.4, 0.5) is 10.6 Å². The van der Waals surface area contributed by atoms with Crippen molar-refractivity contribution in [1.29, 1.82) is 10.5 Å². The number of fused-ring (bicyclic) bond motifs is 1. The molecule has 0 atom stereocenters. The number of amides is 2. The lowest BCUT2D eigenvalue weighted by Crippen LogP contribution is -2.28. The fraction of sp³-hybridized carbons (Fsp3) is 0.276.